The van der Waals surface area contributed by atoms with E-state index in [9.17, 15) is 4.79 Å². The second-order valence-electron chi connectivity index (χ2n) is 5.25. The van der Waals surface area contributed by atoms with Gasteiger partial charge in [0.05, 0.1) is 20.3 Å². The van der Waals surface area contributed by atoms with Crippen molar-refractivity contribution in [1.82, 2.24) is 10.2 Å². The van der Waals surface area contributed by atoms with Gasteiger partial charge in [-0.15, -0.1) is 0 Å². The first-order valence-corrected chi connectivity index (χ1v) is 7.43. The van der Waals surface area contributed by atoms with Gasteiger partial charge in [0.25, 0.3) is 5.91 Å². The van der Waals surface area contributed by atoms with Crippen LogP contribution in [0.15, 0.2) is 18.2 Å². The van der Waals surface area contributed by atoms with E-state index in [1.165, 1.54) is 0 Å². The molecule has 21 heavy (non-hydrogen) atoms. The number of carbonyl (C=O) groups is 1. The van der Waals surface area contributed by atoms with Crippen molar-refractivity contribution in [2.45, 2.75) is 13.3 Å². The molecular formula is C16H24N2O3. The summed E-state index contributed by atoms with van der Waals surface area (Å²) in [7, 11) is 1.62. The number of nitrogens with one attached hydrogen (secondary N) is 1. The van der Waals surface area contributed by atoms with Gasteiger partial charge in [-0.2, -0.15) is 0 Å². The molecule has 1 fully saturated rings. The maximum absolute atomic E-state index is 12.1. The highest BCUT2D eigenvalue weighted by atomic mass is 16.5. The molecule has 0 aliphatic carbocycles. The largest absolute Gasteiger partial charge is 0.496 e. The number of nitrogens with zero attached hydrogens (tertiary/aromatic N) is 1. The standard InChI is InChI=1S/C16H24N2O3/c1-13-4-5-14(12-15(13)20-2)16(19)17-6-3-7-18-8-10-21-11-9-18/h4-5,12H,3,6-11H2,1-2H3,(H,17,19). The number of methoxy groups -OCH3 is 1. The Balaban J connectivity index is 1.74. The van der Waals surface area contributed by atoms with Gasteiger partial charge in [-0.25, -0.2) is 0 Å². The molecule has 1 aliphatic heterocycles. The summed E-state index contributed by atoms with van der Waals surface area (Å²) >= 11 is 0. The van der Waals surface area contributed by atoms with E-state index >= 15 is 0 Å². The summed E-state index contributed by atoms with van der Waals surface area (Å²) in [5, 5.41) is 2.96. The number of ether oxygens (including phenoxy) is 2. The van der Waals surface area contributed by atoms with Crippen molar-refractivity contribution >= 4 is 5.91 Å². The Bertz CT molecular complexity index is 471. The van der Waals surface area contributed by atoms with Crippen LogP contribution in [-0.2, 0) is 4.74 Å². The van der Waals surface area contributed by atoms with Crippen LogP contribution in [-0.4, -0.2) is 57.3 Å². The van der Waals surface area contributed by atoms with Crippen molar-refractivity contribution in [2.75, 3.05) is 46.5 Å². The molecule has 0 radical (unpaired) electrons. The van der Waals surface area contributed by atoms with Gasteiger partial charge in [0.15, 0.2) is 0 Å². The molecule has 0 aromatic heterocycles. The van der Waals surface area contributed by atoms with Crippen LogP contribution in [0.2, 0.25) is 0 Å². The molecule has 0 saturated carbocycles. The minimum atomic E-state index is -0.0460. The minimum Gasteiger partial charge on any atom is -0.496 e. The molecule has 0 spiro atoms. The summed E-state index contributed by atoms with van der Waals surface area (Å²) in [6, 6.07) is 5.52. The van der Waals surface area contributed by atoms with E-state index in [2.05, 4.69) is 10.2 Å². The normalized spacial score (nSPS) is 15.7. The molecule has 1 heterocycles. The van der Waals surface area contributed by atoms with Gasteiger partial charge in [0.2, 0.25) is 0 Å². The first-order valence-electron chi connectivity index (χ1n) is 7.43. The number of carbonyl (C=O) groups excluding carboxylic acids is 1. The molecule has 2 rings (SSSR count). The lowest BCUT2D eigenvalue weighted by Gasteiger charge is -2.26. The number of benzene rings is 1. The molecule has 0 atom stereocenters. The van der Waals surface area contributed by atoms with E-state index < -0.39 is 0 Å². The molecule has 0 unspecified atom stereocenters. The summed E-state index contributed by atoms with van der Waals surface area (Å²) in [5.74, 6) is 0.700. The number of amides is 1. The molecule has 1 aromatic rings. The number of hydrogen-bond acceptors (Lipinski definition) is 4. The minimum absolute atomic E-state index is 0.0460. The van der Waals surface area contributed by atoms with Crippen molar-refractivity contribution in [3.63, 3.8) is 0 Å². The van der Waals surface area contributed by atoms with E-state index in [0.717, 1.165) is 50.6 Å². The molecule has 0 bridgehead atoms. The number of aryl methyl sites for hydroxylation is 1. The molecule has 5 nitrogen and oxygen atoms in total. The van der Waals surface area contributed by atoms with Crippen LogP contribution in [0.4, 0.5) is 0 Å². The fraction of sp³-hybridized carbons (Fsp3) is 0.562. The topological polar surface area (TPSA) is 50.8 Å². The van der Waals surface area contributed by atoms with E-state index in [-0.39, 0.29) is 5.91 Å². The van der Waals surface area contributed by atoms with Crippen LogP contribution < -0.4 is 10.1 Å². The number of hydrogen-bond donors (Lipinski definition) is 1. The molecule has 1 N–H and O–H groups in total. The smallest absolute Gasteiger partial charge is 0.251 e. The third kappa shape index (κ3) is 4.72. The van der Waals surface area contributed by atoms with Crippen LogP contribution in [0.25, 0.3) is 0 Å². The highest BCUT2D eigenvalue weighted by Gasteiger charge is 2.11. The maximum atomic E-state index is 12.1. The molecule has 1 aliphatic rings. The third-order valence-electron chi connectivity index (χ3n) is 3.71. The zero-order chi connectivity index (χ0) is 15.1. The lowest BCUT2D eigenvalue weighted by molar-refractivity contribution is 0.0374. The zero-order valence-corrected chi connectivity index (χ0v) is 12.9. The Morgan fingerprint density at radius 2 is 2.14 bits per heavy atom. The Morgan fingerprint density at radius 1 is 1.38 bits per heavy atom. The second kappa shape index (κ2) is 8.00. The van der Waals surface area contributed by atoms with Crippen LogP contribution in [0.1, 0.15) is 22.3 Å². The monoisotopic (exact) mass is 292 g/mol. The van der Waals surface area contributed by atoms with Crippen molar-refractivity contribution in [1.29, 1.82) is 0 Å². The highest BCUT2D eigenvalue weighted by molar-refractivity contribution is 5.94. The van der Waals surface area contributed by atoms with Gasteiger partial charge in [-0.05, 0) is 37.6 Å². The molecule has 1 saturated heterocycles. The highest BCUT2D eigenvalue weighted by Crippen LogP contribution is 2.18. The van der Waals surface area contributed by atoms with E-state index in [0.29, 0.717) is 12.1 Å². The molecular weight excluding hydrogens is 268 g/mol. The first-order chi connectivity index (χ1) is 10.2. The maximum Gasteiger partial charge on any atom is 0.251 e. The van der Waals surface area contributed by atoms with Crippen molar-refractivity contribution in [2.24, 2.45) is 0 Å². The first kappa shape index (κ1) is 15.8. The van der Waals surface area contributed by atoms with Crippen molar-refractivity contribution in [3.05, 3.63) is 29.3 Å². The Hall–Kier alpha value is -1.59. The number of rotatable bonds is 6. The summed E-state index contributed by atoms with van der Waals surface area (Å²) in [6.45, 7) is 7.26. The van der Waals surface area contributed by atoms with Gasteiger partial charge >= 0.3 is 0 Å². The molecule has 1 amide bonds. The summed E-state index contributed by atoms with van der Waals surface area (Å²) in [5.41, 5.74) is 1.67. The van der Waals surface area contributed by atoms with Gasteiger partial charge < -0.3 is 14.8 Å². The molecule has 5 heteroatoms. The van der Waals surface area contributed by atoms with Crippen LogP contribution in [0, 0.1) is 6.92 Å². The predicted molar refractivity (Wildman–Crippen MR) is 81.9 cm³/mol. The van der Waals surface area contributed by atoms with Crippen molar-refractivity contribution < 1.29 is 14.3 Å². The Morgan fingerprint density at radius 3 is 2.86 bits per heavy atom. The lowest BCUT2D eigenvalue weighted by atomic mass is 10.1. The Kier molecular flexibility index (Phi) is 6.02. The Labute approximate surface area is 126 Å². The third-order valence-corrected chi connectivity index (χ3v) is 3.71. The average molecular weight is 292 g/mol. The van der Waals surface area contributed by atoms with E-state index in [1.807, 2.05) is 19.1 Å². The van der Waals surface area contributed by atoms with Crippen molar-refractivity contribution in [3.8, 4) is 5.75 Å². The van der Waals surface area contributed by atoms with Gasteiger partial charge in [-0.1, -0.05) is 6.07 Å². The predicted octanol–water partition coefficient (Wildman–Crippen LogP) is 1.46. The average Bonchev–Trinajstić information content (AvgIpc) is 2.53. The fourth-order valence-corrected chi connectivity index (χ4v) is 2.39. The summed E-state index contributed by atoms with van der Waals surface area (Å²) in [6.07, 6.45) is 0.953. The zero-order valence-electron chi connectivity index (χ0n) is 12.9. The fourth-order valence-electron chi connectivity index (χ4n) is 2.39. The molecule has 116 valence electrons. The van der Waals surface area contributed by atoms with Crippen LogP contribution >= 0.6 is 0 Å². The van der Waals surface area contributed by atoms with Gasteiger partial charge in [-0.3, -0.25) is 9.69 Å². The molecule has 1 aromatic carbocycles. The number of morpholine rings is 1. The SMILES string of the molecule is COc1cc(C(=O)NCCCN2CCOCC2)ccc1C. The van der Waals surface area contributed by atoms with Crippen LogP contribution in [0.3, 0.4) is 0 Å². The van der Waals surface area contributed by atoms with Gasteiger partial charge in [0, 0.05) is 25.2 Å². The van der Waals surface area contributed by atoms with E-state index in [4.69, 9.17) is 9.47 Å². The quantitative estimate of drug-likeness (QED) is 0.807. The second-order valence-corrected chi connectivity index (χ2v) is 5.25. The lowest BCUT2D eigenvalue weighted by Crippen LogP contribution is -2.38. The summed E-state index contributed by atoms with van der Waals surface area (Å²) in [4.78, 5) is 14.4. The van der Waals surface area contributed by atoms with Gasteiger partial charge in [0.1, 0.15) is 5.75 Å². The van der Waals surface area contributed by atoms with Crippen LogP contribution in [0.5, 0.6) is 5.75 Å². The van der Waals surface area contributed by atoms with E-state index in [1.54, 1.807) is 13.2 Å². The summed E-state index contributed by atoms with van der Waals surface area (Å²) < 4.78 is 10.6.